The molecule has 3 aromatic heterocycles. The molecule has 4 rings (SSSR count). The molecule has 7 nitrogen and oxygen atoms in total. The van der Waals surface area contributed by atoms with Crippen molar-refractivity contribution in [3.8, 4) is 0 Å². The van der Waals surface area contributed by atoms with Crippen molar-refractivity contribution in [3.05, 3.63) is 59.7 Å². The van der Waals surface area contributed by atoms with E-state index in [0.29, 0.717) is 23.9 Å². The van der Waals surface area contributed by atoms with E-state index in [2.05, 4.69) is 15.2 Å². The summed E-state index contributed by atoms with van der Waals surface area (Å²) in [6.07, 6.45) is 1.63. The van der Waals surface area contributed by atoms with Crippen molar-refractivity contribution in [1.82, 2.24) is 24.5 Å². The molecule has 0 aliphatic carbocycles. The van der Waals surface area contributed by atoms with E-state index in [0.717, 1.165) is 21.6 Å². The van der Waals surface area contributed by atoms with Crippen molar-refractivity contribution in [1.29, 1.82) is 0 Å². The van der Waals surface area contributed by atoms with E-state index in [9.17, 15) is 4.79 Å². The molecule has 0 saturated heterocycles. The molecule has 27 heavy (non-hydrogen) atoms. The number of nitrogens with zero attached hydrogens (tertiary/aromatic N) is 6. The summed E-state index contributed by atoms with van der Waals surface area (Å²) in [5.74, 6) is -0.115. The number of thiazole rings is 1. The van der Waals surface area contributed by atoms with E-state index in [1.54, 1.807) is 28.9 Å². The van der Waals surface area contributed by atoms with Gasteiger partial charge in [-0.05, 0) is 38.1 Å². The Balaban J connectivity index is 1.69. The minimum atomic E-state index is -0.115. The van der Waals surface area contributed by atoms with Crippen molar-refractivity contribution < 1.29 is 4.79 Å². The van der Waals surface area contributed by atoms with E-state index in [-0.39, 0.29) is 5.91 Å². The van der Waals surface area contributed by atoms with Gasteiger partial charge in [0.05, 0.1) is 22.5 Å². The van der Waals surface area contributed by atoms with Crippen LogP contribution >= 0.6 is 11.3 Å². The highest BCUT2D eigenvalue weighted by atomic mass is 32.1. The molecule has 0 spiro atoms. The minimum Gasteiger partial charge on any atom is -0.281 e. The summed E-state index contributed by atoms with van der Waals surface area (Å²) in [5, 5.41) is 9.31. The van der Waals surface area contributed by atoms with Crippen LogP contribution in [0.2, 0.25) is 0 Å². The Kier molecular flexibility index (Phi) is 4.49. The van der Waals surface area contributed by atoms with Crippen LogP contribution < -0.4 is 4.90 Å². The van der Waals surface area contributed by atoms with E-state index in [4.69, 9.17) is 0 Å². The van der Waals surface area contributed by atoms with Crippen LogP contribution in [0.1, 0.15) is 21.9 Å². The van der Waals surface area contributed by atoms with Gasteiger partial charge in [0.15, 0.2) is 5.13 Å². The third kappa shape index (κ3) is 3.35. The van der Waals surface area contributed by atoms with E-state index >= 15 is 0 Å². The third-order valence-electron chi connectivity index (χ3n) is 4.44. The molecule has 0 N–H and O–H groups in total. The van der Waals surface area contributed by atoms with Crippen molar-refractivity contribution in [2.45, 2.75) is 20.4 Å². The summed E-state index contributed by atoms with van der Waals surface area (Å²) in [6.45, 7) is 5.06. The first-order valence-corrected chi connectivity index (χ1v) is 9.51. The topological polar surface area (TPSA) is 68.8 Å². The zero-order valence-electron chi connectivity index (χ0n) is 15.5. The van der Waals surface area contributed by atoms with Gasteiger partial charge in [0.25, 0.3) is 5.91 Å². The molecule has 0 atom stereocenters. The Morgan fingerprint density at radius 1 is 1.22 bits per heavy atom. The van der Waals surface area contributed by atoms with E-state index < -0.39 is 0 Å². The summed E-state index contributed by atoms with van der Waals surface area (Å²) in [5.41, 5.74) is 3.47. The molecular weight excluding hydrogens is 360 g/mol. The molecule has 3 heterocycles. The molecule has 0 bridgehead atoms. The first kappa shape index (κ1) is 17.4. The normalized spacial score (nSPS) is 11.2. The maximum atomic E-state index is 13.2. The van der Waals surface area contributed by atoms with Gasteiger partial charge in [-0.15, -0.1) is 0 Å². The molecule has 0 aliphatic rings. The second-order valence-electron chi connectivity index (χ2n) is 6.41. The highest BCUT2D eigenvalue weighted by Gasteiger charge is 2.23. The lowest BCUT2D eigenvalue weighted by Gasteiger charge is -2.20. The number of hydrogen-bond donors (Lipinski definition) is 0. The van der Waals surface area contributed by atoms with Gasteiger partial charge in [0.1, 0.15) is 5.69 Å². The van der Waals surface area contributed by atoms with Crippen LogP contribution in [0.5, 0.6) is 0 Å². The average molecular weight is 380 g/mol. The van der Waals surface area contributed by atoms with Crippen molar-refractivity contribution in [3.63, 3.8) is 0 Å². The molecule has 1 amide bonds. The fourth-order valence-corrected chi connectivity index (χ4v) is 4.07. The molecule has 1 aromatic carbocycles. The second kappa shape index (κ2) is 6.96. The number of rotatable bonds is 5. The Labute approximate surface area is 160 Å². The first-order chi connectivity index (χ1) is 13.0. The monoisotopic (exact) mass is 380 g/mol. The first-order valence-electron chi connectivity index (χ1n) is 8.69. The summed E-state index contributed by atoms with van der Waals surface area (Å²) in [7, 11) is 1.77. The van der Waals surface area contributed by atoms with Crippen LogP contribution in [0.4, 0.5) is 5.13 Å². The molecule has 0 unspecified atom stereocenters. The predicted octanol–water partition coefficient (Wildman–Crippen LogP) is 3.19. The number of benzene rings is 1. The molecule has 0 fully saturated rings. The maximum absolute atomic E-state index is 13.2. The summed E-state index contributed by atoms with van der Waals surface area (Å²) < 4.78 is 4.57. The molecular formula is C19H20N6OS. The average Bonchev–Trinajstić information content (AvgIpc) is 3.33. The summed E-state index contributed by atoms with van der Waals surface area (Å²) in [4.78, 5) is 19.6. The smallest absolute Gasteiger partial charge is 0.278 e. The lowest BCUT2D eigenvalue weighted by atomic mass is 10.3. The number of aromatic nitrogens is 5. The van der Waals surface area contributed by atoms with Gasteiger partial charge in [-0.2, -0.15) is 10.2 Å². The van der Waals surface area contributed by atoms with E-state index in [1.165, 1.54) is 11.3 Å². The lowest BCUT2D eigenvalue weighted by molar-refractivity contribution is 0.0976. The second-order valence-corrected chi connectivity index (χ2v) is 7.42. The number of anilines is 1. The van der Waals surface area contributed by atoms with Gasteiger partial charge < -0.3 is 0 Å². The van der Waals surface area contributed by atoms with Crippen molar-refractivity contribution >= 4 is 32.6 Å². The zero-order valence-corrected chi connectivity index (χ0v) is 16.3. The number of aryl methyl sites for hydroxylation is 3. The number of para-hydroxylation sites is 1. The third-order valence-corrected chi connectivity index (χ3v) is 5.50. The quantitative estimate of drug-likeness (QED) is 0.533. The number of fused-ring (bicyclic) bond motifs is 1. The summed E-state index contributed by atoms with van der Waals surface area (Å²) >= 11 is 1.52. The number of carbonyl (C=O) groups excluding carboxylic acids is 1. The zero-order chi connectivity index (χ0) is 19.0. The van der Waals surface area contributed by atoms with Gasteiger partial charge in [-0.25, -0.2) is 4.98 Å². The van der Waals surface area contributed by atoms with E-state index in [1.807, 2.05) is 48.9 Å². The van der Waals surface area contributed by atoms with Crippen LogP contribution in [0.25, 0.3) is 10.2 Å². The molecule has 8 heteroatoms. The van der Waals surface area contributed by atoms with Crippen LogP contribution in [0.3, 0.4) is 0 Å². The summed E-state index contributed by atoms with van der Waals surface area (Å²) in [6, 6.07) is 11.7. The molecule has 4 aromatic rings. The van der Waals surface area contributed by atoms with Gasteiger partial charge >= 0.3 is 0 Å². The maximum Gasteiger partial charge on any atom is 0.278 e. The highest BCUT2D eigenvalue weighted by molar-refractivity contribution is 7.22. The number of amides is 1. The number of hydrogen-bond acceptors (Lipinski definition) is 5. The SMILES string of the molecule is Cc1cc(C)n(CCN(C(=O)c2ccnn2C)c2nc3ccccc3s2)n1. The Hall–Kier alpha value is -3.00. The molecule has 0 saturated carbocycles. The Morgan fingerprint density at radius 2 is 2.04 bits per heavy atom. The van der Waals surface area contributed by atoms with Crippen molar-refractivity contribution in [2.75, 3.05) is 11.4 Å². The largest absolute Gasteiger partial charge is 0.281 e. The molecule has 0 aliphatic heterocycles. The van der Waals surface area contributed by atoms with Crippen LogP contribution in [-0.4, -0.2) is 37.0 Å². The minimum absolute atomic E-state index is 0.115. The van der Waals surface area contributed by atoms with Crippen molar-refractivity contribution in [2.24, 2.45) is 7.05 Å². The van der Waals surface area contributed by atoms with Crippen LogP contribution in [0.15, 0.2) is 42.6 Å². The van der Waals surface area contributed by atoms with Gasteiger partial charge in [-0.1, -0.05) is 23.5 Å². The lowest BCUT2D eigenvalue weighted by Crippen LogP contribution is -2.35. The van der Waals surface area contributed by atoms with Crippen LogP contribution in [-0.2, 0) is 13.6 Å². The Morgan fingerprint density at radius 3 is 2.70 bits per heavy atom. The molecule has 138 valence electrons. The highest BCUT2D eigenvalue weighted by Crippen LogP contribution is 2.29. The Bertz CT molecular complexity index is 1080. The standard InChI is InChI=1S/C19H20N6OS/c1-13-12-14(2)25(22-13)11-10-24(18(26)16-8-9-20-23(16)3)19-21-15-6-4-5-7-17(15)27-19/h4-9,12H,10-11H2,1-3H3. The van der Waals surface area contributed by atoms with Gasteiger partial charge in [0.2, 0.25) is 0 Å². The van der Waals surface area contributed by atoms with Crippen LogP contribution in [0, 0.1) is 13.8 Å². The van der Waals surface area contributed by atoms with Gasteiger partial charge in [0, 0.05) is 25.5 Å². The fourth-order valence-electron chi connectivity index (χ4n) is 3.08. The molecule has 0 radical (unpaired) electrons. The predicted molar refractivity (Wildman–Crippen MR) is 106 cm³/mol. The van der Waals surface area contributed by atoms with Gasteiger partial charge in [-0.3, -0.25) is 19.1 Å². The number of carbonyl (C=O) groups is 1. The fraction of sp³-hybridized carbons (Fsp3) is 0.263.